The number of rotatable bonds is 10. The number of benzene rings is 1. The van der Waals surface area contributed by atoms with Crippen molar-refractivity contribution in [3.8, 4) is 0 Å². The smallest absolute Gasteiger partial charge is 0.325 e. The van der Waals surface area contributed by atoms with E-state index in [0.717, 1.165) is 30.6 Å². The summed E-state index contributed by atoms with van der Waals surface area (Å²) in [5.74, 6) is -1.27. The van der Waals surface area contributed by atoms with Crippen molar-refractivity contribution in [2.75, 3.05) is 6.54 Å². The van der Waals surface area contributed by atoms with Crippen LogP contribution in [0.3, 0.4) is 0 Å². The monoisotopic (exact) mass is 391 g/mol. The van der Waals surface area contributed by atoms with Gasteiger partial charge in [0.1, 0.15) is 17.9 Å². The van der Waals surface area contributed by atoms with Gasteiger partial charge >= 0.3 is 6.03 Å². The molecule has 1 aliphatic rings. The highest BCUT2D eigenvalue weighted by Gasteiger charge is 2.51. The summed E-state index contributed by atoms with van der Waals surface area (Å²) in [5.41, 5.74) is -0.765. The molecule has 1 aliphatic heterocycles. The zero-order valence-electron chi connectivity index (χ0n) is 16.9. The Morgan fingerprint density at radius 1 is 1.18 bits per heavy atom. The summed E-state index contributed by atoms with van der Waals surface area (Å²) in [6, 6.07) is 4.85. The molecule has 2 atom stereocenters. The van der Waals surface area contributed by atoms with E-state index in [4.69, 9.17) is 0 Å². The molecular weight excluding hydrogens is 361 g/mol. The maximum absolute atomic E-state index is 13.2. The van der Waals surface area contributed by atoms with E-state index in [9.17, 15) is 18.8 Å². The molecule has 7 heteroatoms. The van der Waals surface area contributed by atoms with Gasteiger partial charge in [-0.25, -0.2) is 9.18 Å². The van der Waals surface area contributed by atoms with Crippen LogP contribution in [0.1, 0.15) is 64.9 Å². The Bertz CT molecular complexity index is 707. The Morgan fingerprint density at radius 2 is 1.86 bits per heavy atom. The van der Waals surface area contributed by atoms with E-state index in [-0.39, 0.29) is 18.5 Å². The number of nitrogens with zero attached hydrogens (tertiary/aromatic N) is 1. The van der Waals surface area contributed by atoms with E-state index in [1.807, 2.05) is 6.92 Å². The first-order chi connectivity index (χ1) is 13.3. The molecule has 1 saturated heterocycles. The number of carbonyl (C=O) groups is 3. The summed E-state index contributed by atoms with van der Waals surface area (Å²) < 4.78 is 13.2. The molecular formula is C21H30FN3O3. The van der Waals surface area contributed by atoms with Crippen LogP contribution in [0.2, 0.25) is 0 Å². The van der Waals surface area contributed by atoms with Crippen LogP contribution in [-0.2, 0) is 15.1 Å². The van der Waals surface area contributed by atoms with Crippen molar-refractivity contribution >= 4 is 17.8 Å². The van der Waals surface area contributed by atoms with Crippen LogP contribution in [0.15, 0.2) is 24.3 Å². The summed E-state index contributed by atoms with van der Waals surface area (Å²) in [7, 11) is 0. The standard InChI is InChI=1S/C21H30FN3O3/c1-4-6-7-8-9-15(3)23-18(26)14-25-19(27)21(5-2,24-20(25)28)16-10-12-17(22)13-11-16/h10-13,15H,4-9,14H2,1-3H3,(H,23,26)(H,24,28)/t15-,21-/m1/s1. The van der Waals surface area contributed by atoms with Gasteiger partial charge in [0.25, 0.3) is 5.91 Å². The SMILES string of the molecule is CCCCCC[C@@H](C)NC(=O)CN1C(=O)N[C@](CC)(c2ccc(F)cc2)C1=O. The van der Waals surface area contributed by atoms with E-state index in [1.165, 1.54) is 30.7 Å². The molecule has 1 heterocycles. The molecule has 0 radical (unpaired) electrons. The average molecular weight is 391 g/mol. The van der Waals surface area contributed by atoms with Crippen molar-refractivity contribution in [3.05, 3.63) is 35.6 Å². The highest BCUT2D eigenvalue weighted by molar-refractivity contribution is 6.09. The van der Waals surface area contributed by atoms with Gasteiger partial charge in [-0.2, -0.15) is 0 Å². The van der Waals surface area contributed by atoms with E-state index in [1.54, 1.807) is 6.92 Å². The van der Waals surface area contributed by atoms with Gasteiger partial charge in [0, 0.05) is 6.04 Å². The molecule has 0 unspecified atom stereocenters. The first-order valence-electron chi connectivity index (χ1n) is 10.0. The third-order valence-corrected chi connectivity index (χ3v) is 5.24. The molecule has 0 spiro atoms. The fraction of sp³-hybridized carbons (Fsp3) is 0.571. The molecule has 1 aromatic carbocycles. The van der Waals surface area contributed by atoms with Crippen molar-refractivity contribution in [1.82, 2.24) is 15.5 Å². The third kappa shape index (κ3) is 4.88. The van der Waals surface area contributed by atoms with Crippen molar-refractivity contribution in [2.24, 2.45) is 0 Å². The summed E-state index contributed by atoms with van der Waals surface area (Å²) in [6.07, 6.45) is 5.64. The molecule has 28 heavy (non-hydrogen) atoms. The van der Waals surface area contributed by atoms with Crippen molar-refractivity contribution in [3.63, 3.8) is 0 Å². The lowest BCUT2D eigenvalue weighted by molar-refractivity contribution is -0.135. The number of imide groups is 1. The maximum atomic E-state index is 13.2. The minimum atomic E-state index is -1.27. The molecule has 154 valence electrons. The highest BCUT2D eigenvalue weighted by atomic mass is 19.1. The number of carbonyl (C=O) groups excluding carboxylic acids is 3. The molecule has 2 N–H and O–H groups in total. The Hall–Kier alpha value is -2.44. The topological polar surface area (TPSA) is 78.5 Å². The van der Waals surface area contributed by atoms with Crippen LogP contribution in [0.5, 0.6) is 0 Å². The van der Waals surface area contributed by atoms with E-state index >= 15 is 0 Å². The average Bonchev–Trinajstić information content (AvgIpc) is 2.91. The third-order valence-electron chi connectivity index (χ3n) is 5.24. The number of unbranched alkanes of at least 4 members (excludes halogenated alkanes) is 3. The van der Waals surface area contributed by atoms with Crippen molar-refractivity contribution in [2.45, 2.75) is 70.9 Å². The van der Waals surface area contributed by atoms with Crippen molar-refractivity contribution in [1.29, 1.82) is 0 Å². The van der Waals surface area contributed by atoms with Gasteiger partial charge in [-0.3, -0.25) is 14.5 Å². The molecule has 1 aromatic rings. The molecule has 0 aromatic heterocycles. The van der Waals surface area contributed by atoms with Gasteiger partial charge in [-0.1, -0.05) is 51.7 Å². The van der Waals surface area contributed by atoms with Crippen LogP contribution in [0, 0.1) is 5.82 Å². The first kappa shape index (κ1) is 21.9. The van der Waals surface area contributed by atoms with E-state index in [0.29, 0.717) is 12.0 Å². The molecule has 1 fully saturated rings. The minimum absolute atomic E-state index is 0.0156. The van der Waals surface area contributed by atoms with Crippen LogP contribution in [0.25, 0.3) is 0 Å². The fourth-order valence-corrected chi connectivity index (χ4v) is 3.56. The largest absolute Gasteiger partial charge is 0.352 e. The Balaban J connectivity index is 2.00. The number of hydrogen-bond donors (Lipinski definition) is 2. The second-order valence-electron chi connectivity index (χ2n) is 7.41. The van der Waals surface area contributed by atoms with Gasteiger partial charge < -0.3 is 10.6 Å². The lowest BCUT2D eigenvalue weighted by atomic mass is 9.87. The summed E-state index contributed by atoms with van der Waals surface area (Å²) in [4.78, 5) is 38.7. The van der Waals surface area contributed by atoms with Gasteiger partial charge in [0.05, 0.1) is 0 Å². The van der Waals surface area contributed by atoms with Crippen LogP contribution in [-0.4, -0.2) is 35.3 Å². The second kappa shape index (κ2) is 9.66. The lowest BCUT2D eigenvalue weighted by Gasteiger charge is -2.25. The normalized spacial score (nSPS) is 20.2. The van der Waals surface area contributed by atoms with Gasteiger partial charge in [-0.15, -0.1) is 0 Å². The fourth-order valence-electron chi connectivity index (χ4n) is 3.56. The Kier molecular flexibility index (Phi) is 7.54. The number of amides is 4. The molecule has 4 amide bonds. The zero-order chi connectivity index (χ0) is 20.7. The van der Waals surface area contributed by atoms with Crippen LogP contribution in [0.4, 0.5) is 9.18 Å². The summed E-state index contributed by atoms with van der Waals surface area (Å²) >= 11 is 0. The maximum Gasteiger partial charge on any atom is 0.325 e. The van der Waals surface area contributed by atoms with E-state index in [2.05, 4.69) is 17.6 Å². The molecule has 0 saturated carbocycles. The van der Waals surface area contributed by atoms with E-state index < -0.39 is 23.3 Å². The minimum Gasteiger partial charge on any atom is -0.352 e. The van der Waals surface area contributed by atoms with Gasteiger partial charge in [0.2, 0.25) is 5.91 Å². The molecule has 0 aliphatic carbocycles. The summed E-state index contributed by atoms with van der Waals surface area (Å²) in [6.45, 7) is 5.51. The molecule has 2 rings (SSSR count). The second-order valence-corrected chi connectivity index (χ2v) is 7.41. The summed E-state index contributed by atoms with van der Waals surface area (Å²) in [5, 5.41) is 5.55. The number of urea groups is 1. The molecule has 6 nitrogen and oxygen atoms in total. The predicted molar refractivity (Wildman–Crippen MR) is 105 cm³/mol. The van der Waals surface area contributed by atoms with Crippen LogP contribution < -0.4 is 10.6 Å². The molecule has 0 bridgehead atoms. The van der Waals surface area contributed by atoms with Gasteiger partial charge in [-0.05, 0) is 37.5 Å². The van der Waals surface area contributed by atoms with Crippen molar-refractivity contribution < 1.29 is 18.8 Å². The van der Waals surface area contributed by atoms with Gasteiger partial charge in [0.15, 0.2) is 0 Å². The highest BCUT2D eigenvalue weighted by Crippen LogP contribution is 2.32. The lowest BCUT2D eigenvalue weighted by Crippen LogP contribution is -2.45. The quantitative estimate of drug-likeness (QED) is 0.474. The number of hydrogen-bond acceptors (Lipinski definition) is 3. The number of nitrogens with one attached hydrogen (secondary N) is 2. The Labute approximate surface area is 165 Å². The van der Waals surface area contributed by atoms with Crippen LogP contribution >= 0.6 is 0 Å². The Morgan fingerprint density at radius 3 is 2.46 bits per heavy atom. The number of halogens is 1. The zero-order valence-corrected chi connectivity index (χ0v) is 16.9. The predicted octanol–water partition coefficient (Wildman–Crippen LogP) is 3.46. The first-order valence-corrected chi connectivity index (χ1v) is 10.0.